The number of hydrogen-bond donors (Lipinski definition) is 3. The monoisotopic (exact) mass is 635 g/mol. The molecule has 2 heterocycles. The van der Waals surface area contributed by atoms with E-state index < -0.39 is 18.1 Å². The normalized spacial score (nSPS) is 31.6. The molecule has 1 aromatic carbocycles. The van der Waals surface area contributed by atoms with E-state index in [9.17, 15) is 32.7 Å². The lowest BCUT2D eigenvalue weighted by Crippen LogP contribution is -2.54. The summed E-state index contributed by atoms with van der Waals surface area (Å²) in [6.45, 7) is 2.39. The Kier molecular flexibility index (Phi) is 9.82. The van der Waals surface area contributed by atoms with E-state index in [0.717, 1.165) is 43.7 Å². The van der Waals surface area contributed by atoms with Crippen LogP contribution in [0.4, 0.5) is 13.2 Å². The van der Waals surface area contributed by atoms with Crippen molar-refractivity contribution in [1.82, 2.24) is 9.80 Å². The van der Waals surface area contributed by atoms with Gasteiger partial charge in [0.1, 0.15) is 0 Å². The zero-order chi connectivity index (χ0) is 32.5. The van der Waals surface area contributed by atoms with E-state index in [-0.39, 0.29) is 30.1 Å². The zero-order valence-electron chi connectivity index (χ0n) is 25.5. The number of halogens is 3. The third kappa shape index (κ3) is 7.99. The van der Waals surface area contributed by atoms with Crippen LogP contribution in [0, 0.1) is 23.2 Å². The van der Waals surface area contributed by atoms with E-state index >= 15 is 0 Å². The molecule has 2 aliphatic heterocycles. The first-order valence-electron chi connectivity index (χ1n) is 16.2. The van der Waals surface area contributed by atoms with Crippen molar-refractivity contribution < 1.29 is 42.6 Å². The predicted octanol–water partition coefficient (Wildman–Crippen LogP) is 5.04. The third-order valence-corrected chi connectivity index (χ3v) is 11.0. The van der Waals surface area contributed by atoms with Gasteiger partial charge in [-0.25, -0.2) is 4.79 Å². The molecule has 4 saturated carbocycles. The molecular weight excluding hydrogens is 591 g/mol. The number of carboxylic acid groups (broad SMARTS) is 2. The van der Waals surface area contributed by atoms with E-state index in [4.69, 9.17) is 15.6 Å². The minimum Gasteiger partial charge on any atom is -0.481 e. The maximum absolute atomic E-state index is 13.4. The summed E-state index contributed by atoms with van der Waals surface area (Å²) in [5.41, 5.74) is 7.58. The fourth-order valence-electron chi connectivity index (χ4n) is 9.65. The Labute approximate surface area is 261 Å². The molecule has 6 fully saturated rings. The van der Waals surface area contributed by atoms with Gasteiger partial charge in [0.25, 0.3) is 0 Å². The molecule has 0 aromatic heterocycles. The van der Waals surface area contributed by atoms with Crippen molar-refractivity contribution in [2.45, 2.75) is 101 Å². The molecule has 0 spiro atoms. The van der Waals surface area contributed by atoms with E-state index in [2.05, 4.69) is 15.9 Å². The van der Waals surface area contributed by atoms with E-state index in [1.54, 1.807) is 6.07 Å². The van der Waals surface area contributed by atoms with E-state index in [0.29, 0.717) is 30.1 Å². The number of primary amides is 1. The lowest BCUT2D eigenvalue weighted by molar-refractivity contribution is -0.192. The molecule has 2 amide bonds. The number of aliphatic carboxylic acids is 2. The topological polar surface area (TPSA) is 141 Å². The molecular formula is C33H44F3N3O6. The van der Waals surface area contributed by atoms with Gasteiger partial charge in [-0.15, -0.1) is 0 Å². The number of carbonyl (C=O) groups excluding carboxylic acids is 2. The maximum Gasteiger partial charge on any atom is 0.490 e. The number of carboxylic acids is 2. The van der Waals surface area contributed by atoms with E-state index in [1.807, 2.05) is 12.1 Å². The highest BCUT2D eigenvalue weighted by Crippen LogP contribution is 2.60. The molecule has 6 bridgehead atoms. The van der Waals surface area contributed by atoms with Crippen LogP contribution in [-0.4, -0.2) is 81.7 Å². The van der Waals surface area contributed by atoms with Crippen LogP contribution in [0.1, 0.15) is 98.9 Å². The molecule has 6 aliphatic rings. The SMILES string of the molecule is NC(=O)c1cccc(C2CC3CCC(C2)N3CCN(CC23CC4CC(CC(C4)C2)C3)C(=O)CCC(=O)O)c1.O=C(O)C(F)(F)F. The lowest BCUT2D eigenvalue weighted by atomic mass is 9.49. The van der Waals surface area contributed by atoms with Crippen molar-refractivity contribution >= 4 is 23.8 Å². The summed E-state index contributed by atoms with van der Waals surface area (Å²) in [5.74, 6) is -1.07. The molecule has 1 aromatic rings. The molecule has 7 rings (SSSR count). The van der Waals surface area contributed by atoms with Gasteiger partial charge in [0.05, 0.1) is 6.42 Å². The fourth-order valence-corrected chi connectivity index (χ4v) is 9.65. The molecule has 2 unspecified atom stereocenters. The largest absolute Gasteiger partial charge is 0.490 e. The van der Waals surface area contributed by atoms with Gasteiger partial charge in [-0.05, 0) is 111 Å². The van der Waals surface area contributed by atoms with Gasteiger partial charge in [0.2, 0.25) is 11.8 Å². The Morgan fingerprint density at radius 3 is 1.96 bits per heavy atom. The summed E-state index contributed by atoms with van der Waals surface area (Å²) >= 11 is 0. The number of alkyl halides is 3. The standard InChI is InChI=1S/C31H43N3O4.C2HF3O2/c32-30(38)24-3-1-2-23(13-24)25-14-26-4-5-27(15-25)34(26)9-8-33(28(35)6-7-29(36)37)19-31-16-20-10-21(17-31)12-22(11-20)18-31;3-2(4,5)1(6)7/h1-3,13,20-22,25-27H,4-12,14-19H2,(H2,32,38)(H,36,37);(H,6,7). The average molecular weight is 636 g/mol. The number of amides is 2. The van der Waals surface area contributed by atoms with Crippen molar-refractivity contribution in [2.24, 2.45) is 28.9 Å². The summed E-state index contributed by atoms with van der Waals surface area (Å²) in [7, 11) is 0. The second kappa shape index (κ2) is 13.3. The van der Waals surface area contributed by atoms with Crippen LogP contribution < -0.4 is 5.73 Å². The summed E-state index contributed by atoms with van der Waals surface area (Å²) in [4.78, 5) is 49.9. The van der Waals surface area contributed by atoms with Crippen molar-refractivity contribution in [1.29, 1.82) is 0 Å². The van der Waals surface area contributed by atoms with Crippen molar-refractivity contribution in [2.75, 3.05) is 19.6 Å². The Morgan fingerprint density at radius 2 is 1.47 bits per heavy atom. The van der Waals surface area contributed by atoms with Crippen molar-refractivity contribution in [3.63, 3.8) is 0 Å². The van der Waals surface area contributed by atoms with Crippen LogP contribution in [0.3, 0.4) is 0 Å². The van der Waals surface area contributed by atoms with Crippen molar-refractivity contribution in [3.05, 3.63) is 35.4 Å². The zero-order valence-corrected chi connectivity index (χ0v) is 25.5. The van der Waals surface area contributed by atoms with Gasteiger partial charge < -0.3 is 20.8 Å². The second-order valence-electron chi connectivity index (χ2n) is 14.2. The number of piperidine rings is 1. The lowest BCUT2D eigenvalue weighted by Gasteiger charge is -2.58. The van der Waals surface area contributed by atoms with Gasteiger partial charge in [-0.2, -0.15) is 13.2 Å². The van der Waals surface area contributed by atoms with Crippen LogP contribution in [0.15, 0.2) is 24.3 Å². The fraction of sp³-hybridized carbons (Fsp3) is 0.697. The smallest absolute Gasteiger partial charge is 0.481 e. The number of nitrogens with two attached hydrogens (primary N) is 1. The molecule has 9 nitrogen and oxygen atoms in total. The number of benzene rings is 1. The number of rotatable bonds is 10. The molecule has 12 heteroatoms. The molecule has 4 N–H and O–H groups in total. The van der Waals surface area contributed by atoms with Gasteiger partial charge in [-0.1, -0.05) is 12.1 Å². The molecule has 45 heavy (non-hydrogen) atoms. The average Bonchev–Trinajstić information content (AvgIpc) is 3.19. The van der Waals surface area contributed by atoms with Crippen molar-refractivity contribution in [3.8, 4) is 0 Å². The molecule has 2 atom stereocenters. The number of carbonyl (C=O) groups is 4. The Balaban J connectivity index is 0.000000515. The predicted molar refractivity (Wildman–Crippen MR) is 158 cm³/mol. The van der Waals surface area contributed by atoms with Gasteiger partial charge in [-0.3, -0.25) is 19.3 Å². The highest BCUT2D eigenvalue weighted by Gasteiger charge is 2.52. The highest BCUT2D eigenvalue weighted by molar-refractivity contribution is 5.92. The first-order valence-corrected chi connectivity index (χ1v) is 16.2. The highest BCUT2D eigenvalue weighted by atomic mass is 19.4. The van der Waals surface area contributed by atoms with Crippen LogP contribution in [0.25, 0.3) is 0 Å². The Hall–Kier alpha value is -3.15. The molecule has 248 valence electrons. The number of fused-ring (bicyclic) bond motifs is 2. The summed E-state index contributed by atoms with van der Waals surface area (Å²) in [6.07, 6.45) is 7.34. The quantitative estimate of drug-likeness (QED) is 0.327. The molecule has 4 aliphatic carbocycles. The maximum atomic E-state index is 13.4. The summed E-state index contributed by atoms with van der Waals surface area (Å²) in [6, 6.07) is 8.80. The second-order valence-corrected chi connectivity index (χ2v) is 14.2. The van der Waals surface area contributed by atoms with E-state index in [1.165, 1.54) is 56.9 Å². The Bertz CT molecular complexity index is 1240. The van der Waals surface area contributed by atoms with Crippen LogP contribution in [-0.2, 0) is 14.4 Å². The summed E-state index contributed by atoms with van der Waals surface area (Å²) < 4.78 is 31.7. The minimum absolute atomic E-state index is 0.0219. The Morgan fingerprint density at radius 1 is 0.911 bits per heavy atom. The first kappa shape index (κ1) is 33.2. The molecule has 2 saturated heterocycles. The third-order valence-electron chi connectivity index (χ3n) is 11.0. The van der Waals surface area contributed by atoms with Gasteiger partial charge >= 0.3 is 18.1 Å². The van der Waals surface area contributed by atoms with Gasteiger partial charge in [0.15, 0.2) is 0 Å². The van der Waals surface area contributed by atoms with Crippen LogP contribution in [0.5, 0.6) is 0 Å². The number of nitrogens with zero attached hydrogens (tertiary/aromatic N) is 2. The van der Waals surface area contributed by atoms with Crippen LogP contribution >= 0.6 is 0 Å². The summed E-state index contributed by atoms with van der Waals surface area (Å²) in [5, 5.41) is 16.3. The number of hydrogen-bond acceptors (Lipinski definition) is 5. The van der Waals surface area contributed by atoms with Gasteiger partial charge in [0, 0.05) is 43.7 Å². The minimum atomic E-state index is -5.08. The first-order chi connectivity index (χ1) is 21.2. The van der Waals surface area contributed by atoms with Crippen LogP contribution in [0.2, 0.25) is 0 Å². The molecule has 0 radical (unpaired) electrons.